The van der Waals surface area contributed by atoms with Crippen LogP contribution in [-0.4, -0.2) is 66.7 Å². The molecular formula is C31H44N2O10. The normalized spacial score (nSPS) is 20.5. The van der Waals surface area contributed by atoms with Gasteiger partial charge in [-0.2, -0.15) is 0 Å². The van der Waals surface area contributed by atoms with Crippen LogP contribution in [0.5, 0.6) is 11.5 Å². The van der Waals surface area contributed by atoms with Crippen LogP contribution in [0.3, 0.4) is 0 Å². The number of unbranched alkanes of at least 4 members (excludes halogenated alkanes) is 6. The third-order valence-electron chi connectivity index (χ3n) is 6.89. The predicted octanol–water partition coefficient (Wildman–Crippen LogP) is 4.09. The van der Waals surface area contributed by atoms with Crippen LogP contribution in [0.2, 0.25) is 0 Å². The van der Waals surface area contributed by atoms with Gasteiger partial charge < -0.3 is 29.0 Å². The summed E-state index contributed by atoms with van der Waals surface area (Å²) in [5, 5.41) is 2.44. The molecule has 1 aliphatic rings. The van der Waals surface area contributed by atoms with Gasteiger partial charge in [-0.05, 0) is 33.1 Å². The number of hydrogen-bond acceptors (Lipinski definition) is 11. The zero-order chi connectivity index (χ0) is 31.9. The van der Waals surface area contributed by atoms with Crippen LogP contribution in [0, 0.1) is 11.8 Å². The second kappa shape index (κ2) is 17.9. The number of pyridine rings is 1. The molecule has 238 valence electrons. The van der Waals surface area contributed by atoms with Crippen molar-refractivity contribution in [1.29, 1.82) is 0 Å². The van der Waals surface area contributed by atoms with Gasteiger partial charge in [-0.1, -0.05) is 45.6 Å². The van der Waals surface area contributed by atoms with E-state index in [2.05, 4.69) is 16.9 Å². The molecule has 1 amide bonds. The number of nitrogens with zero attached hydrogens (tertiary/aromatic N) is 1. The van der Waals surface area contributed by atoms with E-state index in [0.29, 0.717) is 6.42 Å². The first kappa shape index (κ1) is 35.2. The highest BCUT2D eigenvalue weighted by molar-refractivity contribution is 5.99. The summed E-state index contributed by atoms with van der Waals surface area (Å²) in [4.78, 5) is 67.9. The van der Waals surface area contributed by atoms with Gasteiger partial charge in [0.05, 0.1) is 18.9 Å². The van der Waals surface area contributed by atoms with E-state index in [9.17, 15) is 24.0 Å². The monoisotopic (exact) mass is 604 g/mol. The maximum Gasteiger partial charge on any atom is 0.332 e. The largest absolute Gasteiger partial charge is 0.493 e. The molecule has 1 saturated heterocycles. The van der Waals surface area contributed by atoms with Crippen LogP contribution in [0.25, 0.3) is 0 Å². The highest BCUT2D eigenvalue weighted by Gasteiger charge is 2.40. The highest BCUT2D eigenvalue weighted by Crippen LogP contribution is 2.30. The topological polar surface area (TPSA) is 156 Å². The first-order chi connectivity index (χ1) is 20.5. The fraction of sp³-hybridized carbons (Fsp3) is 0.613. The lowest BCUT2D eigenvalue weighted by molar-refractivity contribution is -0.175. The first-order valence-corrected chi connectivity index (χ1v) is 14.7. The van der Waals surface area contributed by atoms with Gasteiger partial charge in [0.2, 0.25) is 5.75 Å². The van der Waals surface area contributed by atoms with Gasteiger partial charge in [-0.15, -0.1) is 6.58 Å². The summed E-state index contributed by atoms with van der Waals surface area (Å²) in [5.74, 6) is -5.19. The molecular weight excluding hydrogens is 560 g/mol. The molecule has 12 nitrogen and oxygen atoms in total. The van der Waals surface area contributed by atoms with Gasteiger partial charge in [0.25, 0.3) is 5.91 Å². The fourth-order valence-electron chi connectivity index (χ4n) is 4.31. The maximum absolute atomic E-state index is 13.3. The number of esters is 4. The molecule has 1 aromatic rings. The Morgan fingerprint density at radius 1 is 1.09 bits per heavy atom. The maximum atomic E-state index is 13.3. The molecule has 0 aromatic carbocycles. The van der Waals surface area contributed by atoms with Crippen molar-refractivity contribution in [2.24, 2.45) is 11.8 Å². The van der Waals surface area contributed by atoms with Gasteiger partial charge in [-0.3, -0.25) is 19.2 Å². The molecule has 0 radical (unpaired) electrons. The molecule has 0 bridgehead atoms. The molecule has 12 heteroatoms. The average Bonchev–Trinajstić information content (AvgIpc) is 3.00. The number of nitrogens with one attached hydrogen (secondary N) is 1. The predicted molar refractivity (Wildman–Crippen MR) is 155 cm³/mol. The zero-order valence-corrected chi connectivity index (χ0v) is 25.7. The van der Waals surface area contributed by atoms with Crippen molar-refractivity contribution in [3.63, 3.8) is 0 Å². The van der Waals surface area contributed by atoms with Crippen LogP contribution in [0.15, 0.2) is 24.9 Å². The van der Waals surface area contributed by atoms with E-state index in [1.807, 2.05) is 6.08 Å². The first-order valence-electron chi connectivity index (χ1n) is 14.7. The number of cyclic esters (lactones) is 2. The average molecular weight is 605 g/mol. The Kier molecular flexibility index (Phi) is 14.6. The number of rotatable bonds is 15. The van der Waals surface area contributed by atoms with Crippen molar-refractivity contribution in [2.45, 2.75) is 97.3 Å². The van der Waals surface area contributed by atoms with Gasteiger partial charge in [0, 0.05) is 18.7 Å². The standard InChI is InChI=1S/C31H44N2O10/c1-7-8-9-10-11-12-13-14-15-24(34)42-27-23(39-6)16-17-32-25(27)28(35)33-22-18-40-30(37)20(4)26(21(5)41-31(22)38)43-29(36)19(2)3/h7,16-17,19-22,26H,1,8-15,18H2,2-6H3,(H,33,35)/t20?,21-,22-,26+/m0/s1. The molecule has 1 aliphatic heterocycles. The van der Waals surface area contributed by atoms with Crippen molar-refractivity contribution >= 4 is 29.8 Å². The number of methoxy groups -OCH3 is 1. The summed E-state index contributed by atoms with van der Waals surface area (Å²) < 4.78 is 26.9. The van der Waals surface area contributed by atoms with Crippen molar-refractivity contribution < 1.29 is 47.7 Å². The molecule has 1 fully saturated rings. The van der Waals surface area contributed by atoms with Crippen molar-refractivity contribution in [2.75, 3.05) is 13.7 Å². The minimum Gasteiger partial charge on any atom is -0.493 e. The molecule has 1 unspecified atom stereocenters. The smallest absolute Gasteiger partial charge is 0.332 e. The van der Waals surface area contributed by atoms with Gasteiger partial charge in [0.1, 0.15) is 12.7 Å². The van der Waals surface area contributed by atoms with E-state index >= 15 is 0 Å². The van der Waals surface area contributed by atoms with Gasteiger partial charge in [0.15, 0.2) is 23.6 Å². The number of hydrogen-bond donors (Lipinski definition) is 1. The number of carbonyl (C=O) groups excluding carboxylic acids is 5. The Morgan fingerprint density at radius 2 is 1.77 bits per heavy atom. The van der Waals surface area contributed by atoms with Crippen LogP contribution in [-0.2, 0) is 33.4 Å². The molecule has 4 atom stereocenters. The molecule has 0 saturated carbocycles. The molecule has 2 rings (SSSR count). The van der Waals surface area contributed by atoms with Crippen LogP contribution in [0.1, 0.15) is 89.5 Å². The number of aromatic nitrogens is 1. The summed E-state index contributed by atoms with van der Waals surface area (Å²) in [6.45, 7) is 9.41. The Hall–Kier alpha value is -3.96. The number of amides is 1. The molecule has 0 aliphatic carbocycles. The summed E-state index contributed by atoms with van der Waals surface area (Å²) in [5.41, 5.74) is -0.306. The minimum atomic E-state index is -1.42. The molecule has 43 heavy (non-hydrogen) atoms. The zero-order valence-electron chi connectivity index (χ0n) is 25.7. The number of ether oxygens (including phenoxy) is 5. The second-order valence-corrected chi connectivity index (χ2v) is 10.8. The van der Waals surface area contributed by atoms with Gasteiger partial charge >= 0.3 is 23.9 Å². The van der Waals surface area contributed by atoms with E-state index in [1.54, 1.807) is 13.8 Å². The third-order valence-corrected chi connectivity index (χ3v) is 6.89. The quantitative estimate of drug-likeness (QED) is 0.133. The van der Waals surface area contributed by atoms with Gasteiger partial charge in [-0.25, -0.2) is 9.78 Å². The Bertz CT molecular complexity index is 1140. The van der Waals surface area contributed by atoms with E-state index < -0.39 is 66.5 Å². The number of allylic oxidation sites excluding steroid dienone is 1. The third kappa shape index (κ3) is 11.0. The SMILES string of the molecule is C=CCCCCCCCCC(=O)Oc1c(OC)ccnc1C(=O)N[C@H]1COC(=O)C(C)[C@@H](OC(=O)C(C)C)[C@H](C)OC1=O. The molecule has 0 spiro atoms. The van der Waals surface area contributed by atoms with Crippen LogP contribution < -0.4 is 14.8 Å². The van der Waals surface area contributed by atoms with E-state index in [4.69, 9.17) is 23.7 Å². The minimum absolute atomic E-state index is 0.0939. The van der Waals surface area contributed by atoms with E-state index in [-0.39, 0.29) is 23.6 Å². The van der Waals surface area contributed by atoms with Crippen molar-refractivity contribution in [3.8, 4) is 11.5 Å². The van der Waals surface area contributed by atoms with Crippen LogP contribution in [0.4, 0.5) is 0 Å². The molecule has 1 N–H and O–H groups in total. The van der Waals surface area contributed by atoms with E-state index in [1.165, 1.54) is 33.2 Å². The summed E-state index contributed by atoms with van der Waals surface area (Å²) >= 11 is 0. The van der Waals surface area contributed by atoms with Crippen molar-refractivity contribution in [1.82, 2.24) is 10.3 Å². The van der Waals surface area contributed by atoms with E-state index in [0.717, 1.165) is 38.5 Å². The molecule has 2 heterocycles. The lowest BCUT2D eigenvalue weighted by Crippen LogP contribution is -2.46. The summed E-state index contributed by atoms with van der Waals surface area (Å²) in [6.07, 6.45) is 7.97. The fourth-order valence-corrected chi connectivity index (χ4v) is 4.31. The Labute approximate surface area is 252 Å². The molecule has 1 aromatic heterocycles. The van der Waals surface area contributed by atoms with Crippen molar-refractivity contribution in [3.05, 3.63) is 30.6 Å². The lowest BCUT2D eigenvalue weighted by Gasteiger charge is -2.27. The number of carbonyl (C=O) groups is 5. The second-order valence-electron chi connectivity index (χ2n) is 10.8. The summed E-state index contributed by atoms with van der Waals surface area (Å²) in [7, 11) is 1.35. The highest BCUT2D eigenvalue weighted by atomic mass is 16.6. The van der Waals surface area contributed by atoms with Crippen LogP contribution >= 0.6 is 0 Å². The lowest BCUT2D eigenvalue weighted by atomic mass is 10.00. The Morgan fingerprint density at radius 3 is 2.42 bits per heavy atom. The Balaban J connectivity index is 2.10. The summed E-state index contributed by atoms with van der Waals surface area (Å²) in [6, 6.07) is 0.00836.